The van der Waals surface area contributed by atoms with E-state index in [9.17, 15) is 18.0 Å². The van der Waals surface area contributed by atoms with Crippen molar-refractivity contribution >= 4 is 5.97 Å². The Hall–Kier alpha value is -2.31. The van der Waals surface area contributed by atoms with Crippen LogP contribution in [0.3, 0.4) is 0 Å². The third-order valence-corrected chi connectivity index (χ3v) is 4.21. The van der Waals surface area contributed by atoms with Crippen LogP contribution in [-0.2, 0) is 35.0 Å². The van der Waals surface area contributed by atoms with Gasteiger partial charge in [0.05, 0.1) is 19.2 Å². The van der Waals surface area contributed by atoms with Gasteiger partial charge in [-0.15, -0.1) is 0 Å². The number of carbonyl (C=O) groups is 1. The summed E-state index contributed by atoms with van der Waals surface area (Å²) in [5, 5.41) is 3.84. The lowest BCUT2D eigenvalue weighted by atomic mass is 9.95. The molecule has 0 radical (unpaired) electrons. The van der Waals surface area contributed by atoms with Gasteiger partial charge in [0.1, 0.15) is 0 Å². The number of nitrogens with zero attached hydrogens (tertiary/aromatic N) is 2. The zero-order valence-electron chi connectivity index (χ0n) is 13.2. The number of halogens is 3. The number of aromatic nitrogens is 2. The summed E-state index contributed by atoms with van der Waals surface area (Å²) >= 11 is 0. The molecule has 1 aliphatic carbocycles. The highest BCUT2D eigenvalue weighted by atomic mass is 19.4. The minimum Gasteiger partial charge on any atom is -0.469 e. The molecule has 0 spiro atoms. The molecule has 1 heterocycles. The highest BCUT2D eigenvalue weighted by Crippen LogP contribution is 2.36. The highest BCUT2D eigenvalue weighted by molar-refractivity contribution is 5.72. The van der Waals surface area contributed by atoms with Gasteiger partial charge in [-0.3, -0.25) is 4.79 Å². The van der Waals surface area contributed by atoms with Crippen molar-refractivity contribution < 1.29 is 22.7 Å². The van der Waals surface area contributed by atoms with Crippen LogP contribution >= 0.6 is 0 Å². The molecule has 0 bridgehead atoms. The molecule has 0 aliphatic heterocycles. The van der Waals surface area contributed by atoms with E-state index in [4.69, 9.17) is 0 Å². The number of hydrogen-bond donors (Lipinski definition) is 0. The molecule has 1 aliphatic rings. The van der Waals surface area contributed by atoms with Gasteiger partial charge >= 0.3 is 12.1 Å². The summed E-state index contributed by atoms with van der Waals surface area (Å²) in [6.07, 6.45) is -1.72. The van der Waals surface area contributed by atoms with E-state index in [1.807, 2.05) is 0 Å². The molecule has 1 aromatic carbocycles. The molecule has 0 unspecified atom stereocenters. The third kappa shape index (κ3) is 3.16. The fourth-order valence-electron chi connectivity index (χ4n) is 3.03. The van der Waals surface area contributed by atoms with Crippen LogP contribution in [0.4, 0.5) is 13.2 Å². The van der Waals surface area contributed by atoms with Crippen molar-refractivity contribution in [1.82, 2.24) is 9.78 Å². The summed E-state index contributed by atoms with van der Waals surface area (Å²) in [7, 11) is 1.31. The number of esters is 1. The molecule has 0 saturated carbocycles. The highest BCUT2D eigenvalue weighted by Gasteiger charge is 2.39. The van der Waals surface area contributed by atoms with E-state index in [1.165, 1.54) is 11.8 Å². The molecule has 7 heteroatoms. The summed E-state index contributed by atoms with van der Waals surface area (Å²) in [4.78, 5) is 11.3. The van der Waals surface area contributed by atoms with E-state index >= 15 is 0 Å². The lowest BCUT2D eigenvalue weighted by molar-refractivity contribution is -0.142. The van der Waals surface area contributed by atoms with E-state index < -0.39 is 11.9 Å². The van der Waals surface area contributed by atoms with Gasteiger partial charge in [0.2, 0.25) is 0 Å². The van der Waals surface area contributed by atoms with Gasteiger partial charge in [-0.1, -0.05) is 12.1 Å². The lowest BCUT2D eigenvalue weighted by Gasteiger charge is -2.14. The zero-order chi connectivity index (χ0) is 17.3. The second-order valence-corrected chi connectivity index (χ2v) is 5.81. The number of methoxy groups -OCH3 is 1. The maximum absolute atomic E-state index is 13.2. The molecular formula is C17H17F3N2O2. The second-order valence-electron chi connectivity index (χ2n) is 5.81. The van der Waals surface area contributed by atoms with Crippen LogP contribution in [0.15, 0.2) is 24.3 Å². The van der Waals surface area contributed by atoms with Gasteiger partial charge in [0.25, 0.3) is 0 Å². The van der Waals surface area contributed by atoms with Gasteiger partial charge in [-0.05, 0) is 43.4 Å². The van der Waals surface area contributed by atoms with Crippen molar-refractivity contribution in [3.8, 4) is 5.69 Å². The average Bonchev–Trinajstić information content (AvgIpc) is 2.95. The number of carbonyl (C=O) groups excluding carboxylic acids is 1. The molecule has 24 heavy (non-hydrogen) atoms. The van der Waals surface area contributed by atoms with Crippen molar-refractivity contribution in [1.29, 1.82) is 0 Å². The van der Waals surface area contributed by atoms with Crippen molar-refractivity contribution in [2.75, 3.05) is 7.11 Å². The Morgan fingerprint density at radius 2 is 1.88 bits per heavy atom. The van der Waals surface area contributed by atoms with E-state index in [0.29, 0.717) is 29.8 Å². The van der Waals surface area contributed by atoms with Gasteiger partial charge in [-0.25, -0.2) is 4.68 Å². The molecule has 1 aromatic heterocycles. The van der Waals surface area contributed by atoms with E-state index in [-0.39, 0.29) is 12.4 Å². The van der Waals surface area contributed by atoms with Crippen molar-refractivity contribution in [2.24, 2.45) is 0 Å². The van der Waals surface area contributed by atoms with Gasteiger partial charge in [0, 0.05) is 11.3 Å². The van der Waals surface area contributed by atoms with Crippen LogP contribution in [0.1, 0.15) is 35.4 Å². The molecule has 0 saturated heterocycles. The molecule has 128 valence electrons. The summed E-state index contributed by atoms with van der Waals surface area (Å²) < 4.78 is 45.7. The van der Waals surface area contributed by atoms with Crippen LogP contribution in [0.25, 0.3) is 5.69 Å². The van der Waals surface area contributed by atoms with Crippen LogP contribution < -0.4 is 0 Å². The van der Waals surface area contributed by atoms with Crippen molar-refractivity contribution in [3.05, 3.63) is 46.8 Å². The smallest absolute Gasteiger partial charge is 0.435 e. The monoisotopic (exact) mass is 338 g/mol. The number of ether oxygens (including phenoxy) is 1. The van der Waals surface area contributed by atoms with E-state index in [2.05, 4.69) is 9.84 Å². The largest absolute Gasteiger partial charge is 0.469 e. The topological polar surface area (TPSA) is 44.1 Å². The SMILES string of the molecule is COC(=O)Cc1ccc(-n2nc(C(F)(F)F)c3c2CCCC3)cc1. The van der Waals surface area contributed by atoms with Crippen LogP contribution in [-0.4, -0.2) is 22.9 Å². The Morgan fingerprint density at radius 3 is 2.50 bits per heavy atom. The summed E-state index contributed by atoms with van der Waals surface area (Å²) in [5.74, 6) is -0.362. The Kier molecular flexibility index (Phi) is 4.34. The molecule has 0 atom stereocenters. The Balaban J connectivity index is 1.97. The van der Waals surface area contributed by atoms with Gasteiger partial charge in [0.15, 0.2) is 5.69 Å². The second kappa shape index (κ2) is 6.30. The molecule has 0 fully saturated rings. The van der Waals surface area contributed by atoms with Crippen molar-refractivity contribution in [3.63, 3.8) is 0 Å². The lowest BCUT2D eigenvalue weighted by Crippen LogP contribution is -2.11. The molecule has 0 N–H and O–H groups in total. The minimum absolute atomic E-state index is 0.127. The quantitative estimate of drug-likeness (QED) is 0.805. The molecule has 0 amide bonds. The Labute approximate surface area is 137 Å². The predicted molar refractivity (Wildman–Crippen MR) is 80.9 cm³/mol. The van der Waals surface area contributed by atoms with Crippen LogP contribution in [0, 0.1) is 0 Å². The minimum atomic E-state index is -4.45. The zero-order valence-corrected chi connectivity index (χ0v) is 13.2. The van der Waals surface area contributed by atoms with Gasteiger partial charge in [-0.2, -0.15) is 18.3 Å². The first kappa shape index (κ1) is 16.5. The number of alkyl halides is 3. The Bertz CT molecular complexity index is 748. The molecule has 4 nitrogen and oxygen atoms in total. The average molecular weight is 338 g/mol. The fourth-order valence-corrected chi connectivity index (χ4v) is 3.03. The first-order chi connectivity index (χ1) is 11.4. The Morgan fingerprint density at radius 1 is 1.21 bits per heavy atom. The molecular weight excluding hydrogens is 321 g/mol. The van der Waals surface area contributed by atoms with E-state index in [0.717, 1.165) is 18.4 Å². The van der Waals surface area contributed by atoms with E-state index in [1.54, 1.807) is 24.3 Å². The maximum Gasteiger partial charge on any atom is 0.435 e. The van der Waals surface area contributed by atoms with Gasteiger partial charge < -0.3 is 4.74 Å². The summed E-state index contributed by atoms with van der Waals surface area (Å²) in [6, 6.07) is 6.77. The van der Waals surface area contributed by atoms with Crippen LogP contribution in [0.5, 0.6) is 0 Å². The molecule has 2 aromatic rings. The number of benzene rings is 1. The first-order valence-electron chi connectivity index (χ1n) is 7.74. The standard InChI is InChI=1S/C17H17F3N2O2/c1-24-15(23)10-11-6-8-12(9-7-11)22-14-5-3-2-4-13(14)16(21-22)17(18,19)20/h6-9H,2-5,10H2,1H3. The summed E-state index contributed by atoms with van der Waals surface area (Å²) in [5.41, 5.74) is 1.47. The first-order valence-corrected chi connectivity index (χ1v) is 7.74. The number of fused-ring (bicyclic) bond motifs is 1. The maximum atomic E-state index is 13.2. The fraction of sp³-hybridized carbons (Fsp3) is 0.412. The number of hydrogen-bond acceptors (Lipinski definition) is 3. The summed E-state index contributed by atoms with van der Waals surface area (Å²) in [6.45, 7) is 0. The van der Waals surface area contributed by atoms with Crippen LogP contribution in [0.2, 0.25) is 0 Å². The number of rotatable bonds is 3. The molecule has 3 rings (SSSR count). The third-order valence-electron chi connectivity index (χ3n) is 4.21. The predicted octanol–water partition coefficient (Wildman–Crippen LogP) is 3.49. The normalized spacial score (nSPS) is 14.3. The van der Waals surface area contributed by atoms with Crippen molar-refractivity contribution in [2.45, 2.75) is 38.3 Å².